The maximum absolute atomic E-state index is 6.04. The van der Waals surface area contributed by atoms with Crippen molar-refractivity contribution in [1.82, 2.24) is 14.5 Å². The number of aromatic nitrogens is 2. The summed E-state index contributed by atoms with van der Waals surface area (Å²) in [5, 5.41) is 0. The van der Waals surface area contributed by atoms with Gasteiger partial charge in [0.05, 0.1) is 19.0 Å². The lowest BCUT2D eigenvalue weighted by Gasteiger charge is -2.38. The molecule has 1 aliphatic carbocycles. The second-order valence-corrected chi connectivity index (χ2v) is 6.26. The van der Waals surface area contributed by atoms with E-state index in [2.05, 4.69) is 14.5 Å². The molecule has 0 spiro atoms. The summed E-state index contributed by atoms with van der Waals surface area (Å²) in [7, 11) is 0. The highest BCUT2D eigenvalue weighted by molar-refractivity contribution is 4.81. The van der Waals surface area contributed by atoms with Crippen LogP contribution in [0.5, 0.6) is 0 Å². The van der Waals surface area contributed by atoms with Crippen LogP contribution in [0.4, 0.5) is 0 Å². The van der Waals surface area contributed by atoms with E-state index >= 15 is 0 Å². The van der Waals surface area contributed by atoms with Gasteiger partial charge in [-0.2, -0.15) is 0 Å². The summed E-state index contributed by atoms with van der Waals surface area (Å²) in [5.74, 6) is 0.820. The Morgan fingerprint density at radius 2 is 2.05 bits per heavy atom. The van der Waals surface area contributed by atoms with Gasteiger partial charge in [-0.3, -0.25) is 4.90 Å². The van der Waals surface area contributed by atoms with E-state index in [9.17, 15) is 0 Å². The van der Waals surface area contributed by atoms with Crippen molar-refractivity contribution in [2.24, 2.45) is 5.92 Å². The van der Waals surface area contributed by atoms with Gasteiger partial charge in [-0.05, 0) is 25.2 Å². The molecule has 2 heterocycles. The van der Waals surface area contributed by atoms with E-state index in [1.54, 1.807) is 0 Å². The molecule has 1 aromatic rings. The fourth-order valence-electron chi connectivity index (χ4n) is 3.62. The molecule has 112 valence electrons. The van der Waals surface area contributed by atoms with Crippen molar-refractivity contribution in [3.63, 3.8) is 0 Å². The number of ether oxygens (including phenoxy) is 1. The van der Waals surface area contributed by atoms with E-state index in [0.717, 1.165) is 32.2 Å². The van der Waals surface area contributed by atoms with E-state index in [1.807, 2.05) is 18.7 Å². The number of hydrogen-bond acceptors (Lipinski definition) is 3. The molecule has 0 bridgehead atoms. The van der Waals surface area contributed by atoms with Crippen LogP contribution >= 0.6 is 0 Å². The maximum Gasteiger partial charge on any atom is 0.0945 e. The van der Waals surface area contributed by atoms with Gasteiger partial charge in [-0.25, -0.2) is 4.98 Å². The lowest BCUT2D eigenvalue weighted by Crippen LogP contribution is -2.46. The molecular formula is C16H27N3O. The van der Waals surface area contributed by atoms with Gasteiger partial charge in [-0.1, -0.05) is 19.3 Å². The van der Waals surface area contributed by atoms with Crippen LogP contribution in [0.15, 0.2) is 18.7 Å². The fourth-order valence-corrected chi connectivity index (χ4v) is 3.62. The number of aryl methyl sites for hydroxylation is 1. The summed E-state index contributed by atoms with van der Waals surface area (Å²) < 4.78 is 8.21. The van der Waals surface area contributed by atoms with Crippen molar-refractivity contribution in [3.05, 3.63) is 18.7 Å². The molecule has 0 amide bonds. The molecule has 1 aliphatic heterocycles. The van der Waals surface area contributed by atoms with Crippen LogP contribution in [0, 0.1) is 5.92 Å². The van der Waals surface area contributed by atoms with Crippen LogP contribution in [0.25, 0.3) is 0 Å². The number of imidazole rings is 1. The molecule has 4 heteroatoms. The van der Waals surface area contributed by atoms with Crippen molar-refractivity contribution in [3.8, 4) is 0 Å². The molecule has 1 saturated carbocycles. The summed E-state index contributed by atoms with van der Waals surface area (Å²) >= 11 is 0. The lowest BCUT2D eigenvalue weighted by atomic mass is 9.84. The predicted octanol–water partition coefficient (Wildman–Crippen LogP) is 2.55. The third-order valence-corrected chi connectivity index (χ3v) is 4.80. The van der Waals surface area contributed by atoms with Gasteiger partial charge in [-0.15, -0.1) is 0 Å². The molecular weight excluding hydrogens is 250 g/mol. The Labute approximate surface area is 122 Å². The quantitative estimate of drug-likeness (QED) is 0.828. The van der Waals surface area contributed by atoms with Crippen molar-refractivity contribution in [2.75, 3.05) is 26.2 Å². The zero-order chi connectivity index (χ0) is 13.6. The van der Waals surface area contributed by atoms with Gasteiger partial charge >= 0.3 is 0 Å². The fraction of sp³-hybridized carbons (Fsp3) is 0.812. The van der Waals surface area contributed by atoms with Crippen LogP contribution in [0.2, 0.25) is 0 Å². The van der Waals surface area contributed by atoms with Gasteiger partial charge < -0.3 is 9.30 Å². The van der Waals surface area contributed by atoms with Crippen LogP contribution in [-0.2, 0) is 11.3 Å². The summed E-state index contributed by atoms with van der Waals surface area (Å²) in [4.78, 5) is 6.69. The lowest BCUT2D eigenvalue weighted by molar-refractivity contribution is -0.0649. The zero-order valence-corrected chi connectivity index (χ0v) is 12.4. The van der Waals surface area contributed by atoms with Gasteiger partial charge in [0.2, 0.25) is 0 Å². The van der Waals surface area contributed by atoms with E-state index < -0.39 is 0 Å². The Morgan fingerprint density at radius 1 is 1.15 bits per heavy atom. The molecule has 1 saturated heterocycles. The second-order valence-electron chi connectivity index (χ2n) is 6.26. The average molecular weight is 277 g/mol. The highest BCUT2D eigenvalue weighted by Crippen LogP contribution is 2.29. The van der Waals surface area contributed by atoms with Crippen molar-refractivity contribution in [2.45, 2.75) is 51.2 Å². The van der Waals surface area contributed by atoms with Crippen LogP contribution in [0.1, 0.15) is 38.5 Å². The third kappa shape index (κ3) is 3.83. The number of rotatable bonds is 5. The summed E-state index contributed by atoms with van der Waals surface area (Å²) in [6.45, 7) is 5.43. The molecule has 2 aliphatic rings. The largest absolute Gasteiger partial charge is 0.375 e. The predicted molar refractivity (Wildman–Crippen MR) is 79.6 cm³/mol. The van der Waals surface area contributed by atoms with Crippen molar-refractivity contribution in [1.29, 1.82) is 0 Å². The third-order valence-electron chi connectivity index (χ3n) is 4.80. The Kier molecular flexibility index (Phi) is 5.09. The summed E-state index contributed by atoms with van der Waals surface area (Å²) in [5.41, 5.74) is 0. The Balaban J connectivity index is 1.40. The van der Waals surface area contributed by atoms with E-state index in [1.165, 1.54) is 45.1 Å². The number of hydrogen-bond donors (Lipinski definition) is 0. The minimum atomic E-state index is 0.497. The SMILES string of the molecule is c1cn(CCCN2CCO[C@@H](C3CCCCC3)C2)cn1. The Hall–Kier alpha value is -0.870. The smallest absolute Gasteiger partial charge is 0.0945 e. The number of nitrogens with zero attached hydrogens (tertiary/aromatic N) is 3. The van der Waals surface area contributed by atoms with E-state index in [-0.39, 0.29) is 0 Å². The molecule has 3 rings (SSSR count). The maximum atomic E-state index is 6.04. The van der Waals surface area contributed by atoms with Gasteiger partial charge in [0.25, 0.3) is 0 Å². The van der Waals surface area contributed by atoms with Crippen LogP contribution < -0.4 is 0 Å². The molecule has 0 unspecified atom stereocenters. The molecule has 0 N–H and O–H groups in total. The van der Waals surface area contributed by atoms with E-state index in [4.69, 9.17) is 4.74 Å². The molecule has 1 atom stereocenters. The first-order valence-corrected chi connectivity index (χ1v) is 8.21. The molecule has 4 nitrogen and oxygen atoms in total. The summed E-state index contributed by atoms with van der Waals surface area (Å²) in [6, 6.07) is 0. The normalized spacial score (nSPS) is 25.9. The first-order valence-electron chi connectivity index (χ1n) is 8.21. The Bertz CT molecular complexity index is 373. The standard InChI is InChI=1S/C16H27N3O/c1-2-5-15(6-3-1)16-13-18(11-12-20-16)8-4-9-19-10-7-17-14-19/h7,10,14-16H,1-6,8-9,11-13H2/t16-/m1/s1. The van der Waals surface area contributed by atoms with Crippen molar-refractivity contribution >= 4 is 0 Å². The van der Waals surface area contributed by atoms with Crippen LogP contribution in [0.3, 0.4) is 0 Å². The highest BCUT2D eigenvalue weighted by atomic mass is 16.5. The zero-order valence-electron chi connectivity index (χ0n) is 12.4. The van der Waals surface area contributed by atoms with Gasteiger partial charge in [0, 0.05) is 38.6 Å². The number of morpholine rings is 1. The first kappa shape index (κ1) is 14.1. The Morgan fingerprint density at radius 3 is 2.85 bits per heavy atom. The van der Waals surface area contributed by atoms with Crippen LogP contribution in [-0.4, -0.2) is 46.8 Å². The van der Waals surface area contributed by atoms with Crippen molar-refractivity contribution < 1.29 is 4.74 Å². The second kappa shape index (κ2) is 7.23. The minimum Gasteiger partial charge on any atom is -0.375 e. The molecule has 20 heavy (non-hydrogen) atoms. The van der Waals surface area contributed by atoms with E-state index in [0.29, 0.717) is 6.10 Å². The topological polar surface area (TPSA) is 30.3 Å². The molecule has 2 fully saturated rings. The van der Waals surface area contributed by atoms with Gasteiger partial charge in [0.15, 0.2) is 0 Å². The average Bonchev–Trinajstić information content (AvgIpc) is 3.02. The first-order chi connectivity index (χ1) is 9.92. The molecule has 1 aromatic heterocycles. The summed E-state index contributed by atoms with van der Waals surface area (Å²) in [6.07, 6.45) is 14.5. The minimum absolute atomic E-state index is 0.497. The van der Waals surface area contributed by atoms with Gasteiger partial charge in [0.1, 0.15) is 0 Å². The monoisotopic (exact) mass is 277 g/mol. The molecule has 0 radical (unpaired) electrons. The molecule has 0 aromatic carbocycles. The highest BCUT2D eigenvalue weighted by Gasteiger charge is 2.28.